The monoisotopic (exact) mass is 206 g/mol. The van der Waals surface area contributed by atoms with Gasteiger partial charge in [-0.15, -0.1) is 0 Å². The van der Waals surface area contributed by atoms with Gasteiger partial charge in [0.2, 0.25) is 0 Å². The van der Waals surface area contributed by atoms with E-state index in [2.05, 4.69) is 5.10 Å². The van der Waals surface area contributed by atoms with Crippen molar-refractivity contribution in [3.05, 3.63) is 22.1 Å². The van der Waals surface area contributed by atoms with Crippen LogP contribution in [0.3, 0.4) is 0 Å². The predicted octanol–water partition coefficient (Wildman–Crippen LogP) is 0.530. The zero-order valence-corrected chi connectivity index (χ0v) is 7.25. The maximum atomic E-state index is 12.5. The first-order valence-electron chi connectivity index (χ1n) is 3.70. The van der Waals surface area contributed by atoms with Crippen molar-refractivity contribution >= 4 is 5.97 Å². The fraction of sp³-hybridized carbons (Fsp3) is 0.429. The van der Waals surface area contributed by atoms with E-state index in [9.17, 15) is 18.4 Å². The van der Waals surface area contributed by atoms with Crippen molar-refractivity contribution in [2.24, 2.45) is 0 Å². The molecule has 0 saturated heterocycles. The number of aromatic amines is 1. The molecule has 0 saturated carbocycles. The number of hydrogen-bond donors (Lipinski definition) is 2. The number of rotatable bonds is 3. The van der Waals surface area contributed by atoms with Gasteiger partial charge in [-0.25, -0.2) is 18.3 Å². The largest absolute Gasteiger partial charge is 0.477 e. The molecule has 0 bridgehead atoms. The maximum Gasteiger partial charge on any atom is 0.353 e. The van der Waals surface area contributed by atoms with E-state index in [1.165, 1.54) is 0 Å². The lowest BCUT2D eigenvalue weighted by Crippen LogP contribution is -2.27. The van der Waals surface area contributed by atoms with Gasteiger partial charge in [-0.3, -0.25) is 9.89 Å². The Morgan fingerprint density at radius 1 is 1.71 bits per heavy atom. The molecule has 0 unspecified atom stereocenters. The second-order valence-electron chi connectivity index (χ2n) is 2.97. The molecule has 0 aliphatic rings. The van der Waals surface area contributed by atoms with Gasteiger partial charge in [-0.05, 0) is 0 Å². The van der Waals surface area contributed by atoms with Gasteiger partial charge < -0.3 is 5.11 Å². The van der Waals surface area contributed by atoms with Crippen LogP contribution in [0.15, 0.2) is 10.9 Å². The molecule has 1 aromatic heterocycles. The molecule has 0 atom stereocenters. The third kappa shape index (κ3) is 2.41. The Hall–Kier alpha value is -1.66. The highest BCUT2D eigenvalue weighted by Crippen LogP contribution is 2.12. The summed E-state index contributed by atoms with van der Waals surface area (Å²) in [7, 11) is 0. The maximum absolute atomic E-state index is 12.5. The minimum Gasteiger partial charge on any atom is -0.477 e. The quantitative estimate of drug-likeness (QED) is 0.757. The van der Waals surface area contributed by atoms with Gasteiger partial charge in [0, 0.05) is 13.0 Å². The summed E-state index contributed by atoms with van der Waals surface area (Å²) in [5, 5.41) is 10.5. The molecule has 2 N–H and O–H groups in total. The van der Waals surface area contributed by atoms with Gasteiger partial charge in [0.15, 0.2) is 0 Å². The van der Waals surface area contributed by atoms with Crippen LogP contribution in [0.2, 0.25) is 0 Å². The van der Waals surface area contributed by atoms with Crippen LogP contribution in [0.25, 0.3) is 0 Å². The average molecular weight is 206 g/mol. The minimum atomic E-state index is -3.07. The number of halogens is 2. The summed E-state index contributed by atoms with van der Waals surface area (Å²) in [6.07, 6.45) is 0. The fourth-order valence-electron chi connectivity index (χ4n) is 0.939. The molecule has 0 aliphatic heterocycles. The first-order chi connectivity index (χ1) is 6.29. The number of carboxylic acid groups (broad SMARTS) is 1. The molecular weight excluding hydrogens is 198 g/mol. The van der Waals surface area contributed by atoms with Crippen molar-refractivity contribution in [3.63, 3.8) is 0 Å². The zero-order chi connectivity index (χ0) is 10.9. The van der Waals surface area contributed by atoms with Crippen molar-refractivity contribution in [1.29, 1.82) is 0 Å². The Morgan fingerprint density at radius 3 is 2.64 bits per heavy atom. The van der Waals surface area contributed by atoms with Crippen LogP contribution in [-0.2, 0) is 6.54 Å². The Morgan fingerprint density at radius 2 is 2.29 bits per heavy atom. The third-order valence-electron chi connectivity index (χ3n) is 1.46. The summed E-state index contributed by atoms with van der Waals surface area (Å²) < 4.78 is 25.5. The van der Waals surface area contributed by atoms with Gasteiger partial charge in [0.05, 0.1) is 0 Å². The van der Waals surface area contributed by atoms with E-state index in [0.29, 0.717) is 11.6 Å². The number of nitrogens with one attached hydrogen (secondary N) is 1. The molecule has 0 amide bonds. The molecule has 1 heterocycles. The summed E-state index contributed by atoms with van der Waals surface area (Å²) in [6.45, 7) is -0.222. The van der Waals surface area contributed by atoms with Crippen molar-refractivity contribution in [1.82, 2.24) is 9.78 Å². The summed E-state index contributed by atoms with van der Waals surface area (Å²) in [4.78, 5) is 21.3. The summed E-state index contributed by atoms with van der Waals surface area (Å²) in [6, 6.07) is 0.758. The van der Waals surface area contributed by atoms with E-state index < -0.39 is 29.7 Å². The Bertz CT molecular complexity index is 402. The highest BCUT2D eigenvalue weighted by molar-refractivity contribution is 5.84. The van der Waals surface area contributed by atoms with E-state index in [1.807, 2.05) is 0 Å². The van der Waals surface area contributed by atoms with E-state index in [-0.39, 0.29) is 0 Å². The number of hydrogen-bond acceptors (Lipinski definition) is 2. The van der Waals surface area contributed by atoms with Crippen molar-refractivity contribution in [3.8, 4) is 0 Å². The highest BCUT2D eigenvalue weighted by atomic mass is 19.3. The van der Waals surface area contributed by atoms with Gasteiger partial charge in [-0.2, -0.15) is 0 Å². The van der Waals surface area contributed by atoms with Crippen LogP contribution in [0.1, 0.15) is 17.4 Å². The van der Waals surface area contributed by atoms with E-state index in [1.54, 1.807) is 0 Å². The minimum absolute atomic E-state index is 0.403. The fourth-order valence-corrected chi connectivity index (χ4v) is 0.939. The lowest BCUT2D eigenvalue weighted by atomic mass is 10.4. The Labute approximate surface area is 76.9 Å². The van der Waals surface area contributed by atoms with Gasteiger partial charge in [-0.1, -0.05) is 0 Å². The summed E-state index contributed by atoms with van der Waals surface area (Å²) in [5.74, 6) is -4.43. The molecule has 0 spiro atoms. The third-order valence-corrected chi connectivity index (χ3v) is 1.46. The van der Waals surface area contributed by atoms with E-state index in [4.69, 9.17) is 5.11 Å². The smallest absolute Gasteiger partial charge is 0.353 e. The van der Waals surface area contributed by atoms with Crippen LogP contribution in [-0.4, -0.2) is 26.8 Å². The number of nitrogens with zero attached hydrogens (tertiary/aromatic N) is 1. The van der Waals surface area contributed by atoms with Crippen LogP contribution in [0, 0.1) is 0 Å². The first-order valence-corrected chi connectivity index (χ1v) is 3.70. The molecule has 0 aromatic carbocycles. The number of aromatic carboxylic acids is 1. The van der Waals surface area contributed by atoms with Crippen molar-refractivity contribution in [2.75, 3.05) is 0 Å². The van der Waals surface area contributed by atoms with Crippen molar-refractivity contribution < 1.29 is 18.7 Å². The number of carbonyl (C=O) groups is 1. The second-order valence-corrected chi connectivity index (χ2v) is 2.97. The Kier molecular flexibility index (Phi) is 2.41. The molecule has 14 heavy (non-hydrogen) atoms. The lowest BCUT2D eigenvalue weighted by Gasteiger charge is -2.09. The molecule has 5 nitrogen and oxygen atoms in total. The van der Waals surface area contributed by atoms with Crippen LogP contribution in [0.4, 0.5) is 8.78 Å². The van der Waals surface area contributed by atoms with Crippen LogP contribution in [0.5, 0.6) is 0 Å². The molecule has 78 valence electrons. The predicted molar refractivity (Wildman–Crippen MR) is 42.6 cm³/mol. The number of H-pyrrole nitrogens is 1. The van der Waals surface area contributed by atoms with Crippen LogP contribution < -0.4 is 5.56 Å². The molecule has 1 aromatic rings. The zero-order valence-electron chi connectivity index (χ0n) is 7.25. The second kappa shape index (κ2) is 3.24. The lowest BCUT2D eigenvalue weighted by molar-refractivity contribution is -0.000529. The van der Waals surface area contributed by atoms with Crippen LogP contribution >= 0.6 is 0 Å². The number of alkyl halides is 2. The molecule has 0 fully saturated rings. The average Bonchev–Trinajstić information content (AvgIpc) is 2.29. The summed E-state index contributed by atoms with van der Waals surface area (Å²) in [5.41, 5.74) is -1.19. The van der Waals surface area contributed by atoms with Gasteiger partial charge in [0.1, 0.15) is 12.2 Å². The highest BCUT2D eigenvalue weighted by Gasteiger charge is 2.23. The number of aromatic nitrogens is 2. The first kappa shape index (κ1) is 10.4. The van der Waals surface area contributed by atoms with Gasteiger partial charge >= 0.3 is 5.97 Å². The van der Waals surface area contributed by atoms with Crippen molar-refractivity contribution in [2.45, 2.75) is 19.4 Å². The molecule has 7 heteroatoms. The molecule has 0 radical (unpaired) electrons. The number of carboxylic acids is 1. The molecule has 1 rings (SSSR count). The molecular formula is C7H8F2N2O3. The van der Waals surface area contributed by atoms with E-state index in [0.717, 1.165) is 6.07 Å². The summed E-state index contributed by atoms with van der Waals surface area (Å²) >= 11 is 0. The normalized spacial score (nSPS) is 11.6. The van der Waals surface area contributed by atoms with E-state index >= 15 is 0 Å². The molecule has 0 aliphatic carbocycles. The SMILES string of the molecule is CC(F)(F)Cn1[nH]c(C(=O)O)cc1=O. The topological polar surface area (TPSA) is 75.1 Å². The standard InChI is InChI=1S/C7H8F2N2O3/c1-7(8,9)3-11-5(12)2-4(10-11)6(13)14/h2,10H,3H2,1H3,(H,13,14). The Balaban J connectivity index is 3.00. The van der Waals surface area contributed by atoms with Gasteiger partial charge in [0.25, 0.3) is 11.5 Å².